The first kappa shape index (κ1) is 32.2. The van der Waals surface area contributed by atoms with E-state index in [1.165, 1.54) is 38.9 Å². The summed E-state index contributed by atoms with van der Waals surface area (Å²) in [5.41, 5.74) is 9.71. The van der Waals surface area contributed by atoms with Gasteiger partial charge in [-0.1, -0.05) is 104 Å². The predicted molar refractivity (Wildman–Crippen MR) is 181 cm³/mol. The molecule has 2 atom stereocenters. The molecular formula is C40H44O5. The van der Waals surface area contributed by atoms with E-state index in [0.717, 1.165) is 43.4 Å². The highest BCUT2D eigenvalue weighted by Gasteiger charge is 2.24. The highest BCUT2D eigenvalue weighted by atomic mass is 16.5. The van der Waals surface area contributed by atoms with Crippen molar-refractivity contribution in [2.75, 3.05) is 19.8 Å². The van der Waals surface area contributed by atoms with Crippen LogP contribution in [0.2, 0.25) is 0 Å². The Balaban J connectivity index is 1.31. The lowest BCUT2D eigenvalue weighted by Gasteiger charge is -2.23. The second-order valence-electron chi connectivity index (χ2n) is 11.5. The maximum atomic E-state index is 11.4. The Morgan fingerprint density at radius 1 is 0.778 bits per heavy atom. The molecule has 0 aliphatic heterocycles. The van der Waals surface area contributed by atoms with Gasteiger partial charge in [-0.15, -0.1) is 0 Å². The topological polar surface area (TPSA) is 65.0 Å². The molecule has 0 bridgehead atoms. The number of aliphatic carboxylic acids is 1. The number of carbonyl (C=O) groups is 1. The maximum Gasteiger partial charge on any atom is 0.333 e. The van der Waals surface area contributed by atoms with Gasteiger partial charge in [0.25, 0.3) is 0 Å². The molecule has 0 heterocycles. The molecule has 4 aromatic rings. The number of hydrogen-bond donors (Lipinski definition) is 1. The zero-order chi connectivity index (χ0) is 31.4. The minimum atomic E-state index is -0.952. The molecule has 0 aromatic heterocycles. The van der Waals surface area contributed by atoms with Gasteiger partial charge in [-0.25, -0.2) is 4.79 Å². The minimum absolute atomic E-state index is 0.208. The third-order valence-electron chi connectivity index (χ3n) is 8.35. The molecule has 5 heteroatoms. The third kappa shape index (κ3) is 8.72. The quantitative estimate of drug-likeness (QED) is 0.130. The van der Waals surface area contributed by atoms with E-state index in [2.05, 4.69) is 85.8 Å². The van der Waals surface area contributed by atoms with Crippen molar-refractivity contribution in [1.29, 1.82) is 0 Å². The van der Waals surface area contributed by atoms with Gasteiger partial charge in [-0.3, -0.25) is 0 Å². The summed E-state index contributed by atoms with van der Waals surface area (Å²) in [5.74, 6) is -0.231. The second-order valence-corrected chi connectivity index (χ2v) is 11.5. The van der Waals surface area contributed by atoms with Crippen LogP contribution in [0.25, 0.3) is 12.2 Å². The van der Waals surface area contributed by atoms with E-state index in [-0.39, 0.29) is 6.10 Å². The molecule has 1 aliphatic rings. The molecule has 4 aromatic carbocycles. The van der Waals surface area contributed by atoms with Crippen LogP contribution < -0.4 is 4.74 Å². The van der Waals surface area contributed by atoms with Crippen LogP contribution in [0.4, 0.5) is 0 Å². The molecule has 0 saturated carbocycles. The number of fused-ring (bicyclic) bond motifs is 2. The van der Waals surface area contributed by atoms with Crippen LogP contribution in [-0.2, 0) is 40.0 Å². The average Bonchev–Trinajstić information content (AvgIpc) is 3.22. The van der Waals surface area contributed by atoms with E-state index in [1.54, 1.807) is 6.92 Å². The zero-order valence-corrected chi connectivity index (χ0v) is 26.4. The first-order valence-corrected chi connectivity index (χ1v) is 16.2. The van der Waals surface area contributed by atoms with E-state index in [1.807, 2.05) is 24.3 Å². The van der Waals surface area contributed by atoms with Crippen molar-refractivity contribution in [2.45, 2.75) is 64.6 Å². The lowest BCUT2D eigenvalue weighted by molar-refractivity contribution is -0.149. The van der Waals surface area contributed by atoms with Crippen LogP contribution in [0.5, 0.6) is 5.75 Å². The highest BCUT2D eigenvalue weighted by Crippen LogP contribution is 2.38. The molecule has 1 N–H and O–H groups in total. The van der Waals surface area contributed by atoms with Crippen LogP contribution >= 0.6 is 0 Å². The van der Waals surface area contributed by atoms with Gasteiger partial charge in [0.2, 0.25) is 0 Å². The third-order valence-corrected chi connectivity index (χ3v) is 8.35. The van der Waals surface area contributed by atoms with Gasteiger partial charge in [0, 0.05) is 13.0 Å². The molecule has 0 spiro atoms. The molecule has 1 aliphatic carbocycles. The van der Waals surface area contributed by atoms with Gasteiger partial charge in [-0.2, -0.15) is 0 Å². The summed E-state index contributed by atoms with van der Waals surface area (Å²) in [6.45, 7) is 5.21. The summed E-state index contributed by atoms with van der Waals surface area (Å²) >= 11 is 0. The number of ether oxygens (including phenoxy) is 3. The van der Waals surface area contributed by atoms with Crippen LogP contribution in [0, 0.1) is 0 Å². The van der Waals surface area contributed by atoms with E-state index in [4.69, 9.17) is 14.2 Å². The Kier molecular flexibility index (Phi) is 11.6. The molecule has 45 heavy (non-hydrogen) atoms. The molecule has 0 radical (unpaired) electrons. The molecule has 0 fully saturated rings. The second kappa shape index (κ2) is 16.2. The van der Waals surface area contributed by atoms with Crippen LogP contribution in [0.1, 0.15) is 77.3 Å². The molecule has 5 nitrogen and oxygen atoms in total. The minimum Gasteiger partial charge on any atom is -0.491 e. The van der Waals surface area contributed by atoms with Gasteiger partial charge in [0.15, 0.2) is 6.10 Å². The smallest absolute Gasteiger partial charge is 0.333 e. The Morgan fingerprint density at radius 3 is 2.33 bits per heavy atom. The largest absolute Gasteiger partial charge is 0.491 e. The van der Waals surface area contributed by atoms with Gasteiger partial charge in [-0.05, 0) is 89.2 Å². The number of carboxylic acid groups (broad SMARTS) is 1. The van der Waals surface area contributed by atoms with Crippen LogP contribution in [-0.4, -0.2) is 37.0 Å². The lowest BCUT2D eigenvalue weighted by Crippen LogP contribution is -2.26. The number of benzene rings is 4. The Bertz CT molecular complexity index is 1560. The molecule has 5 rings (SSSR count). The van der Waals surface area contributed by atoms with Crippen LogP contribution in [0.15, 0.2) is 91.0 Å². The van der Waals surface area contributed by atoms with Gasteiger partial charge >= 0.3 is 5.97 Å². The first-order valence-electron chi connectivity index (χ1n) is 16.2. The van der Waals surface area contributed by atoms with Crippen molar-refractivity contribution >= 4 is 18.1 Å². The van der Waals surface area contributed by atoms with Crippen LogP contribution in [0.3, 0.4) is 0 Å². The normalized spacial score (nSPS) is 14.3. The fourth-order valence-electron chi connectivity index (χ4n) is 5.95. The van der Waals surface area contributed by atoms with Crippen molar-refractivity contribution in [3.8, 4) is 5.75 Å². The van der Waals surface area contributed by atoms with Gasteiger partial charge in [0.1, 0.15) is 18.5 Å². The van der Waals surface area contributed by atoms with Crippen molar-refractivity contribution < 1.29 is 24.1 Å². The van der Waals surface area contributed by atoms with E-state index >= 15 is 0 Å². The van der Waals surface area contributed by atoms with Gasteiger partial charge < -0.3 is 19.3 Å². The highest BCUT2D eigenvalue weighted by molar-refractivity contribution is 5.78. The number of carboxylic acids is 1. The Morgan fingerprint density at radius 2 is 1.58 bits per heavy atom. The number of unbranched alkanes of at least 4 members (excludes halogenated alkanes) is 1. The summed E-state index contributed by atoms with van der Waals surface area (Å²) in [4.78, 5) is 11.4. The predicted octanol–water partition coefficient (Wildman–Crippen LogP) is 8.52. The summed E-state index contributed by atoms with van der Waals surface area (Å²) in [6.07, 6.45) is 9.09. The van der Waals surface area contributed by atoms with E-state index < -0.39 is 12.1 Å². The standard InChI is InChI=1S/C40H44O5/c1-3-5-10-30-16-20-33-21-24-35-32(19-15-29-11-7-6-8-12-29)13-9-14-36(35)39(37(33)27-30)45-26-25-44-34-22-17-31(18-23-34)28-38(40(41)42)43-4-2/h6-9,11-14,16-18,20-24,27,38-39H,3-5,10,15,19,25-26,28H2,1-2H3,(H,41,42). The monoisotopic (exact) mass is 604 g/mol. The average molecular weight is 605 g/mol. The van der Waals surface area contributed by atoms with Gasteiger partial charge in [0.05, 0.1) is 6.61 Å². The fraction of sp³-hybridized carbons (Fsp3) is 0.325. The zero-order valence-electron chi connectivity index (χ0n) is 26.4. The number of hydrogen-bond acceptors (Lipinski definition) is 4. The maximum absolute atomic E-state index is 11.4. The number of rotatable bonds is 16. The summed E-state index contributed by atoms with van der Waals surface area (Å²) in [7, 11) is 0. The molecule has 234 valence electrons. The van der Waals surface area contributed by atoms with E-state index in [9.17, 15) is 9.90 Å². The molecule has 0 saturated heterocycles. The van der Waals surface area contributed by atoms with E-state index in [0.29, 0.717) is 26.2 Å². The Hall–Kier alpha value is -4.19. The van der Waals surface area contributed by atoms with Crippen molar-refractivity contribution in [3.63, 3.8) is 0 Å². The summed E-state index contributed by atoms with van der Waals surface area (Å²) < 4.78 is 18.1. The SMILES string of the molecule is CCCCc1ccc2c(c1)C(OCCOc1ccc(CC(OCC)C(=O)O)cc1)c1cccc(CCc3ccccc3)c1C=C2. The Labute approximate surface area is 267 Å². The van der Waals surface area contributed by atoms with Crippen molar-refractivity contribution in [2.24, 2.45) is 0 Å². The molecule has 2 unspecified atom stereocenters. The fourth-order valence-corrected chi connectivity index (χ4v) is 5.95. The van der Waals surface area contributed by atoms with Crippen molar-refractivity contribution in [3.05, 3.63) is 136 Å². The summed E-state index contributed by atoms with van der Waals surface area (Å²) in [6, 6.07) is 31.6. The lowest BCUT2D eigenvalue weighted by atomic mass is 9.90. The molecule has 0 amide bonds. The molecular weight excluding hydrogens is 560 g/mol. The summed E-state index contributed by atoms with van der Waals surface area (Å²) in [5, 5.41) is 9.39. The number of aryl methyl sites for hydroxylation is 3. The first-order chi connectivity index (χ1) is 22.1. The van der Waals surface area contributed by atoms with Crippen molar-refractivity contribution in [1.82, 2.24) is 0 Å².